The van der Waals surface area contributed by atoms with Crippen LogP contribution in [0.4, 0.5) is 0 Å². The molecule has 0 spiro atoms. The number of benzene rings is 1. The first kappa shape index (κ1) is 18.9. The van der Waals surface area contributed by atoms with Gasteiger partial charge in [-0.05, 0) is 11.0 Å². The highest BCUT2D eigenvalue weighted by molar-refractivity contribution is 5.78. The summed E-state index contributed by atoms with van der Waals surface area (Å²) in [6, 6.07) is 10.5. The molecule has 1 heterocycles. The van der Waals surface area contributed by atoms with Crippen LogP contribution in [0.5, 0.6) is 0 Å². The molecule has 1 unspecified atom stereocenters. The van der Waals surface area contributed by atoms with Crippen molar-refractivity contribution in [3.05, 3.63) is 35.9 Å². The van der Waals surface area contributed by atoms with Crippen LogP contribution in [-0.2, 0) is 11.3 Å². The van der Waals surface area contributed by atoms with Gasteiger partial charge in [0.25, 0.3) is 0 Å². The summed E-state index contributed by atoms with van der Waals surface area (Å²) >= 11 is 0. The molecular formula is C19H31N3O2. The van der Waals surface area contributed by atoms with Gasteiger partial charge in [-0.1, -0.05) is 51.1 Å². The minimum absolute atomic E-state index is 0.00481. The summed E-state index contributed by atoms with van der Waals surface area (Å²) in [5.41, 5.74) is 1.12. The molecule has 24 heavy (non-hydrogen) atoms. The van der Waals surface area contributed by atoms with Crippen LogP contribution >= 0.6 is 0 Å². The van der Waals surface area contributed by atoms with E-state index in [0.29, 0.717) is 13.1 Å². The fourth-order valence-corrected chi connectivity index (χ4v) is 2.72. The third-order valence-corrected chi connectivity index (χ3v) is 4.57. The lowest BCUT2D eigenvalue weighted by Crippen LogP contribution is -2.50. The molecule has 1 aliphatic heterocycles. The van der Waals surface area contributed by atoms with Crippen LogP contribution in [-0.4, -0.2) is 66.2 Å². The predicted octanol–water partition coefficient (Wildman–Crippen LogP) is 1.33. The van der Waals surface area contributed by atoms with Crippen LogP contribution < -0.4 is 5.32 Å². The van der Waals surface area contributed by atoms with Crippen LogP contribution in [0.25, 0.3) is 0 Å². The summed E-state index contributed by atoms with van der Waals surface area (Å²) in [6.07, 6.45) is -0.524. The molecule has 5 heteroatoms. The van der Waals surface area contributed by atoms with Crippen molar-refractivity contribution in [1.82, 2.24) is 15.1 Å². The summed E-state index contributed by atoms with van der Waals surface area (Å²) in [7, 11) is 0. The molecule has 1 saturated heterocycles. The van der Waals surface area contributed by atoms with E-state index in [-0.39, 0.29) is 11.3 Å². The Kier molecular flexibility index (Phi) is 6.78. The number of carbonyl (C=O) groups is 1. The van der Waals surface area contributed by atoms with Gasteiger partial charge in [-0.15, -0.1) is 0 Å². The zero-order chi connectivity index (χ0) is 17.6. The Morgan fingerprint density at radius 3 is 2.29 bits per heavy atom. The van der Waals surface area contributed by atoms with E-state index >= 15 is 0 Å². The van der Waals surface area contributed by atoms with Gasteiger partial charge in [0.2, 0.25) is 5.91 Å². The maximum absolute atomic E-state index is 12.0. The number of rotatable bonds is 6. The van der Waals surface area contributed by atoms with Crippen LogP contribution in [0, 0.1) is 5.41 Å². The molecule has 1 aromatic rings. The summed E-state index contributed by atoms with van der Waals surface area (Å²) in [4.78, 5) is 16.6. The average Bonchev–Trinajstić information content (AvgIpc) is 2.54. The summed E-state index contributed by atoms with van der Waals surface area (Å²) in [6.45, 7) is 11.4. The van der Waals surface area contributed by atoms with Gasteiger partial charge in [0.15, 0.2) is 0 Å². The second-order valence-electron chi connectivity index (χ2n) is 7.72. The van der Waals surface area contributed by atoms with E-state index < -0.39 is 6.10 Å². The van der Waals surface area contributed by atoms with Crippen LogP contribution in [0.1, 0.15) is 26.3 Å². The molecule has 1 aliphatic rings. The number of amides is 1. The summed E-state index contributed by atoms with van der Waals surface area (Å²) < 4.78 is 0. The van der Waals surface area contributed by atoms with E-state index in [1.54, 1.807) is 0 Å². The number of piperazine rings is 1. The third kappa shape index (κ3) is 6.23. The largest absolute Gasteiger partial charge is 0.391 e. The van der Waals surface area contributed by atoms with Crippen molar-refractivity contribution < 1.29 is 9.90 Å². The third-order valence-electron chi connectivity index (χ3n) is 4.57. The number of nitrogens with one attached hydrogen (secondary N) is 1. The Balaban J connectivity index is 1.66. The van der Waals surface area contributed by atoms with Crippen molar-refractivity contribution in [2.75, 3.05) is 39.3 Å². The van der Waals surface area contributed by atoms with Gasteiger partial charge in [-0.2, -0.15) is 0 Å². The molecule has 1 fully saturated rings. The first-order valence-corrected chi connectivity index (χ1v) is 8.78. The fourth-order valence-electron chi connectivity index (χ4n) is 2.72. The highest BCUT2D eigenvalue weighted by atomic mass is 16.3. The van der Waals surface area contributed by atoms with Gasteiger partial charge in [-0.3, -0.25) is 14.6 Å². The molecule has 5 nitrogen and oxygen atoms in total. The molecule has 0 aromatic heterocycles. The normalized spacial score (nSPS) is 18.3. The van der Waals surface area contributed by atoms with Crippen LogP contribution in [0.3, 0.4) is 0 Å². The van der Waals surface area contributed by atoms with Crippen molar-refractivity contribution in [1.29, 1.82) is 0 Å². The van der Waals surface area contributed by atoms with E-state index in [2.05, 4.69) is 39.4 Å². The second-order valence-corrected chi connectivity index (χ2v) is 7.72. The van der Waals surface area contributed by atoms with Crippen molar-refractivity contribution in [3.8, 4) is 0 Å². The van der Waals surface area contributed by atoms with Gasteiger partial charge in [0, 0.05) is 39.3 Å². The van der Waals surface area contributed by atoms with E-state index in [9.17, 15) is 9.90 Å². The number of hydrogen-bond donors (Lipinski definition) is 2. The fraction of sp³-hybridized carbons (Fsp3) is 0.632. The lowest BCUT2D eigenvalue weighted by atomic mass is 9.89. The smallest absolute Gasteiger partial charge is 0.234 e. The zero-order valence-corrected chi connectivity index (χ0v) is 15.2. The monoisotopic (exact) mass is 333 g/mol. The van der Waals surface area contributed by atoms with Crippen LogP contribution in [0.2, 0.25) is 0 Å². The first-order valence-electron chi connectivity index (χ1n) is 8.78. The van der Waals surface area contributed by atoms with Crippen molar-refractivity contribution in [2.24, 2.45) is 5.41 Å². The van der Waals surface area contributed by atoms with Gasteiger partial charge in [0.1, 0.15) is 0 Å². The molecule has 0 radical (unpaired) electrons. The number of aliphatic hydroxyl groups is 1. The standard InChI is InChI=1S/C19H31N3O2/c1-19(2,3)17(23)13-20-18(24)15-22-11-9-21(10-12-22)14-16-7-5-4-6-8-16/h4-8,17,23H,9-15H2,1-3H3,(H,20,24). The molecule has 2 rings (SSSR count). The Labute approximate surface area is 145 Å². The van der Waals surface area contributed by atoms with Gasteiger partial charge >= 0.3 is 0 Å². The van der Waals surface area contributed by atoms with Gasteiger partial charge in [-0.25, -0.2) is 0 Å². The molecule has 0 aliphatic carbocycles. The van der Waals surface area contributed by atoms with Gasteiger partial charge in [0.05, 0.1) is 12.6 Å². The first-order chi connectivity index (χ1) is 11.3. The van der Waals surface area contributed by atoms with E-state index in [1.165, 1.54) is 5.56 Å². The Morgan fingerprint density at radius 1 is 1.12 bits per heavy atom. The lowest BCUT2D eigenvalue weighted by Gasteiger charge is -2.34. The van der Waals surface area contributed by atoms with Crippen molar-refractivity contribution in [3.63, 3.8) is 0 Å². The number of carbonyl (C=O) groups excluding carboxylic acids is 1. The van der Waals surface area contributed by atoms with E-state index in [1.807, 2.05) is 26.8 Å². The molecule has 134 valence electrons. The lowest BCUT2D eigenvalue weighted by molar-refractivity contribution is -0.123. The predicted molar refractivity (Wildman–Crippen MR) is 96.6 cm³/mol. The number of aliphatic hydroxyl groups excluding tert-OH is 1. The molecule has 1 aromatic carbocycles. The van der Waals surface area contributed by atoms with Gasteiger partial charge < -0.3 is 10.4 Å². The SMILES string of the molecule is CC(C)(C)C(O)CNC(=O)CN1CCN(Cc2ccccc2)CC1. The Morgan fingerprint density at radius 2 is 1.71 bits per heavy atom. The quantitative estimate of drug-likeness (QED) is 0.825. The second kappa shape index (κ2) is 8.60. The molecule has 0 bridgehead atoms. The molecule has 0 saturated carbocycles. The van der Waals surface area contributed by atoms with Crippen molar-refractivity contribution in [2.45, 2.75) is 33.4 Å². The molecule has 1 atom stereocenters. The minimum Gasteiger partial charge on any atom is -0.391 e. The number of hydrogen-bond acceptors (Lipinski definition) is 4. The van der Waals surface area contributed by atoms with E-state index in [4.69, 9.17) is 0 Å². The highest BCUT2D eigenvalue weighted by Crippen LogP contribution is 2.18. The maximum atomic E-state index is 12.0. The minimum atomic E-state index is -0.524. The highest BCUT2D eigenvalue weighted by Gasteiger charge is 2.23. The Hall–Kier alpha value is -1.43. The Bertz CT molecular complexity index is 505. The average molecular weight is 333 g/mol. The molecule has 2 N–H and O–H groups in total. The van der Waals surface area contributed by atoms with Crippen LogP contribution in [0.15, 0.2) is 30.3 Å². The topological polar surface area (TPSA) is 55.8 Å². The molecular weight excluding hydrogens is 302 g/mol. The number of nitrogens with zero attached hydrogens (tertiary/aromatic N) is 2. The molecule has 1 amide bonds. The summed E-state index contributed by atoms with van der Waals surface area (Å²) in [5, 5.41) is 12.8. The zero-order valence-electron chi connectivity index (χ0n) is 15.2. The van der Waals surface area contributed by atoms with E-state index in [0.717, 1.165) is 32.7 Å². The van der Waals surface area contributed by atoms with Crippen molar-refractivity contribution >= 4 is 5.91 Å². The summed E-state index contributed by atoms with van der Waals surface area (Å²) in [5.74, 6) is -0.00481. The maximum Gasteiger partial charge on any atom is 0.234 e.